The van der Waals surface area contributed by atoms with Crippen LogP contribution in [0.4, 0.5) is 8.78 Å². The lowest BCUT2D eigenvalue weighted by molar-refractivity contribution is -0.143. The molecule has 0 aliphatic carbocycles. The molecule has 5 rings (SSSR count). The highest BCUT2D eigenvalue weighted by molar-refractivity contribution is 14.2. The van der Waals surface area contributed by atoms with Crippen molar-refractivity contribution < 1.29 is 28.2 Å². The Kier molecular flexibility index (Phi) is 10.4. The van der Waals surface area contributed by atoms with Gasteiger partial charge in [-0.2, -0.15) is 5.10 Å². The second-order valence-corrected chi connectivity index (χ2v) is 11.7. The molecular formula is C33H30F2IN3O4S. The van der Waals surface area contributed by atoms with Crippen molar-refractivity contribution >= 4 is 47.2 Å². The SMILES string of the molecule is C=CCC(c1cccc(CCC(=O)OCC)c1)n1nccc1-c1cc(Oc2c(F)cc3c(ccn3SI)c2CO)ccc1F. The third-order valence-electron chi connectivity index (χ3n) is 7.25. The fraction of sp³-hybridized carbons (Fsp3) is 0.212. The van der Waals surface area contributed by atoms with Crippen LogP contribution in [0.2, 0.25) is 0 Å². The highest BCUT2D eigenvalue weighted by atomic mass is 127. The van der Waals surface area contributed by atoms with Crippen molar-refractivity contribution in [2.24, 2.45) is 0 Å². The molecule has 0 saturated heterocycles. The number of hydrogen-bond acceptors (Lipinski definition) is 6. The highest BCUT2D eigenvalue weighted by Crippen LogP contribution is 2.39. The predicted molar refractivity (Wildman–Crippen MR) is 177 cm³/mol. The summed E-state index contributed by atoms with van der Waals surface area (Å²) in [5.74, 6) is -1.32. The molecule has 0 amide bonds. The molecule has 0 radical (unpaired) electrons. The smallest absolute Gasteiger partial charge is 0.306 e. The molecule has 228 valence electrons. The fourth-order valence-electron chi connectivity index (χ4n) is 5.23. The zero-order valence-electron chi connectivity index (χ0n) is 23.9. The van der Waals surface area contributed by atoms with Gasteiger partial charge in [-0.25, -0.2) is 8.78 Å². The van der Waals surface area contributed by atoms with Gasteiger partial charge in [0.1, 0.15) is 11.6 Å². The third kappa shape index (κ3) is 6.69. The van der Waals surface area contributed by atoms with E-state index in [0.717, 1.165) is 11.1 Å². The maximum atomic E-state index is 15.4. The van der Waals surface area contributed by atoms with Gasteiger partial charge in [0.15, 0.2) is 11.6 Å². The van der Waals surface area contributed by atoms with Gasteiger partial charge in [-0.05, 0) is 61.2 Å². The topological polar surface area (TPSA) is 78.5 Å². The van der Waals surface area contributed by atoms with Crippen LogP contribution < -0.4 is 4.74 Å². The summed E-state index contributed by atoms with van der Waals surface area (Å²) >= 11 is 2.10. The Morgan fingerprint density at radius 2 is 2.00 bits per heavy atom. The maximum absolute atomic E-state index is 15.4. The number of benzene rings is 3. The third-order valence-corrected chi connectivity index (χ3v) is 8.99. The lowest BCUT2D eigenvalue weighted by Gasteiger charge is -2.21. The number of ether oxygens (including phenoxy) is 2. The number of rotatable bonds is 13. The Hall–Kier alpha value is -3.68. The fourth-order valence-corrected chi connectivity index (χ4v) is 6.59. The Morgan fingerprint density at radius 3 is 2.75 bits per heavy atom. The normalized spacial score (nSPS) is 11.9. The number of aryl methyl sites for hydroxylation is 1. The summed E-state index contributed by atoms with van der Waals surface area (Å²) in [5.41, 5.74) is 3.50. The first-order chi connectivity index (χ1) is 21.4. The van der Waals surface area contributed by atoms with E-state index >= 15 is 8.78 Å². The van der Waals surface area contributed by atoms with Crippen molar-refractivity contribution in [3.8, 4) is 22.8 Å². The summed E-state index contributed by atoms with van der Waals surface area (Å²) in [5, 5.41) is 15.3. The number of halogens is 3. The molecule has 3 aromatic carbocycles. The molecule has 0 saturated carbocycles. The standard InChI is InChI=1S/C33H30F2IN3O4S/c1-3-6-29(22-8-5-7-21(17-22)9-12-32(41)42-4-2)39-30(13-15-37-39)25-18-23(10-11-27(25)34)43-33-26(20-40)24-14-16-38(44-36)31(24)19-28(33)35/h3,5,7-8,10-11,13-19,29,40H,1,4,6,9,12,20H2,2H3. The molecule has 0 aliphatic heterocycles. The number of fused-ring (bicyclic) bond motifs is 1. The number of aromatic nitrogens is 3. The molecule has 1 N–H and O–H groups in total. The van der Waals surface area contributed by atoms with Crippen LogP contribution >= 0.6 is 30.3 Å². The van der Waals surface area contributed by atoms with Crippen LogP contribution in [0, 0.1) is 11.6 Å². The van der Waals surface area contributed by atoms with Gasteiger partial charge in [-0.15, -0.1) is 6.58 Å². The van der Waals surface area contributed by atoms with Crippen LogP contribution in [-0.4, -0.2) is 31.4 Å². The summed E-state index contributed by atoms with van der Waals surface area (Å²) < 4.78 is 45.3. The van der Waals surface area contributed by atoms with Crippen molar-refractivity contribution in [1.82, 2.24) is 13.8 Å². The van der Waals surface area contributed by atoms with E-state index in [0.29, 0.717) is 41.6 Å². The number of aliphatic hydroxyl groups is 1. The van der Waals surface area contributed by atoms with Crippen molar-refractivity contribution in [3.05, 3.63) is 114 Å². The van der Waals surface area contributed by atoms with Crippen molar-refractivity contribution in [2.75, 3.05) is 6.61 Å². The minimum absolute atomic E-state index is 0.119. The quantitative estimate of drug-likeness (QED) is 0.0744. The average molecular weight is 730 g/mol. The number of allylic oxidation sites excluding steroid dienone is 1. The number of hydrogen-bond donors (Lipinski definition) is 1. The first kappa shape index (κ1) is 31.7. The van der Waals surface area contributed by atoms with Crippen LogP contribution in [0.3, 0.4) is 0 Å². The highest BCUT2D eigenvalue weighted by Gasteiger charge is 2.22. The number of carbonyl (C=O) groups excluding carboxylic acids is 1. The van der Waals surface area contributed by atoms with E-state index in [1.165, 1.54) is 33.4 Å². The molecule has 1 unspecified atom stereocenters. The summed E-state index contributed by atoms with van der Waals surface area (Å²) in [6.07, 6.45) is 6.45. The van der Waals surface area contributed by atoms with E-state index in [1.54, 1.807) is 46.2 Å². The monoisotopic (exact) mass is 729 g/mol. The number of aliphatic hydroxyl groups excluding tert-OH is 1. The lowest BCUT2D eigenvalue weighted by Crippen LogP contribution is -2.14. The molecule has 1 atom stereocenters. The van der Waals surface area contributed by atoms with Crippen molar-refractivity contribution in [1.29, 1.82) is 0 Å². The minimum Gasteiger partial charge on any atom is -0.466 e. The van der Waals surface area contributed by atoms with E-state index in [9.17, 15) is 9.90 Å². The van der Waals surface area contributed by atoms with E-state index < -0.39 is 18.2 Å². The van der Waals surface area contributed by atoms with E-state index in [1.807, 2.05) is 24.3 Å². The van der Waals surface area contributed by atoms with E-state index in [2.05, 4.69) is 32.9 Å². The van der Waals surface area contributed by atoms with Gasteiger partial charge in [-0.1, -0.05) is 30.3 Å². The van der Waals surface area contributed by atoms with Crippen LogP contribution in [0.15, 0.2) is 85.7 Å². The minimum atomic E-state index is -0.642. The van der Waals surface area contributed by atoms with Crippen LogP contribution in [0.1, 0.15) is 42.5 Å². The van der Waals surface area contributed by atoms with Crippen LogP contribution in [0.25, 0.3) is 22.2 Å². The molecule has 2 aromatic heterocycles. The molecule has 0 aliphatic rings. The Bertz CT molecular complexity index is 1810. The summed E-state index contributed by atoms with van der Waals surface area (Å²) in [4.78, 5) is 11.9. The summed E-state index contributed by atoms with van der Waals surface area (Å²) in [7, 11) is 1.38. The molecule has 0 fully saturated rings. The van der Waals surface area contributed by atoms with Crippen LogP contribution in [-0.2, 0) is 22.6 Å². The first-order valence-electron chi connectivity index (χ1n) is 14.0. The van der Waals surface area contributed by atoms with Crippen LogP contribution in [0.5, 0.6) is 11.5 Å². The molecule has 7 nitrogen and oxygen atoms in total. The zero-order chi connectivity index (χ0) is 31.2. The maximum Gasteiger partial charge on any atom is 0.306 e. The second kappa shape index (κ2) is 14.4. The molecule has 0 spiro atoms. The van der Waals surface area contributed by atoms with Gasteiger partial charge < -0.3 is 14.6 Å². The Balaban J connectivity index is 1.49. The molecule has 2 heterocycles. The van der Waals surface area contributed by atoms with Gasteiger partial charge in [-0.3, -0.25) is 13.4 Å². The lowest BCUT2D eigenvalue weighted by atomic mass is 9.98. The molecule has 44 heavy (non-hydrogen) atoms. The number of carbonyl (C=O) groups is 1. The number of esters is 1. The van der Waals surface area contributed by atoms with Gasteiger partial charge in [0, 0.05) is 71.7 Å². The first-order valence-corrected chi connectivity index (χ1v) is 17.3. The van der Waals surface area contributed by atoms with Gasteiger partial charge in [0.2, 0.25) is 0 Å². The van der Waals surface area contributed by atoms with Gasteiger partial charge in [0.05, 0.1) is 30.5 Å². The summed E-state index contributed by atoms with van der Waals surface area (Å²) in [6.45, 7) is 5.59. The average Bonchev–Trinajstić information content (AvgIpc) is 3.67. The van der Waals surface area contributed by atoms with Crippen molar-refractivity contribution in [2.45, 2.75) is 38.8 Å². The molecular weight excluding hydrogens is 699 g/mol. The second-order valence-electron chi connectivity index (χ2n) is 9.96. The summed E-state index contributed by atoms with van der Waals surface area (Å²) in [6, 6.07) is 16.6. The molecule has 5 aromatic rings. The van der Waals surface area contributed by atoms with E-state index in [-0.39, 0.29) is 35.5 Å². The predicted octanol–water partition coefficient (Wildman–Crippen LogP) is 8.58. The largest absolute Gasteiger partial charge is 0.466 e. The Labute approximate surface area is 270 Å². The van der Waals surface area contributed by atoms with E-state index in [4.69, 9.17) is 9.47 Å². The van der Waals surface area contributed by atoms with Gasteiger partial charge >= 0.3 is 5.97 Å². The number of nitrogens with zero attached hydrogens (tertiary/aromatic N) is 3. The zero-order valence-corrected chi connectivity index (χ0v) is 26.9. The Morgan fingerprint density at radius 1 is 1.16 bits per heavy atom. The van der Waals surface area contributed by atoms with Gasteiger partial charge in [0.25, 0.3) is 0 Å². The molecule has 11 heteroatoms. The molecule has 0 bridgehead atoms. The van der Waals surface area contributed by atoms with Crippen molar-refractivity contribution in [3.63, 3.8) is 0 Å².